The van der Waals surface area contributed by atoms with Gasteiger partial charge < -0.3 is 24.2 Å². The summed E-state index contributed by atoms with van der Waals surface area (Å²) in [5, 5.41) is 8.40. The molecule has 1 aromatic rings. The Morgan fingerprint density at radius 2 is 1.56 bits per heavy atom. The largest absolute Gasteiger partial charge is 0.355 e. The maximum absolute atomic E-state index is 12.6. The Hall–Kier alpha value is -2.26. The molecule has 1 spiro atoms. The number of carbonyl (C=O) groups excluding carboxylic acids is 2. The molecule has 9 heteroatoms. The number of rotatable bonds is 2. The van der Waals surface area contributed by atoms with Crippen LogP contribution in [0.3, 0.4) is 0 Å². The third kappa shape index (κ3) is 3.74. The zero-order valence-corrected chi connectivity index (χ0v) is 15.6. The second-order valence-electron chi connectivity index (χ2n) is 7.17. The SMILES string of the molecule is CC(=O)N1CCN(C(=O)c2ccc(N3CCC4(CC3)OCCO4)nn2)CC1. The summed E-state index contributed by atoms with van der Waals surface area (Å²) < 4.78 is 11.5. The highest BCUT2D eigenvalue weighted by Gasteiger charge is 2.40. The van der Waals surface area contributed by atoms with Crippen molar-refractivity contribution in [2.75, 3.05) is 57.4 Å². The Morgan fingerprint density at radius 1 is 0.926 bits per heavy atom. The lowest BCUT2D eigenvalue weighted by atomic mass is 10.0. The number of hydrogen-bond acceptors (Lipinski definition) is 7. The Kier molecular flexibility index (Phi) is 4.96. The molecular weight excluding hydrogens is 350 g/mol. The number of nitrogens with zero attached hydrogens (tertiary/aromatic N) is 5. The number of hydrogen-bond donors (Lipinski definition) is 0. The standard InChI is InChI=1S/C18H25N5O4/c1-14(24)21-8-10-23(11-9-21)17(25)15-2-3-16(20-19-15)22-6-4-18(5-7-22)26-12-13-27-18/h2-3H,4-13H2,1H3. The molecule has 3 aliphatic heterocycles. The van der Waals surface area contributed by atoms with Crippen molar-refractivity contribution in [3.63, 3.8) is 0 Å². The van der Waals surface area contributed by atoms with E-state index < -0.39 is 5.79 Å². The van der Waals surface area contributed by atoms with E-state index in [0.717, 1.165) is 31.7 Å². The lowest BCUT2D eigenvalue weighted by Gasteiger charge is -2.38. The number of aromatic nitrogens is 2. The van der Waals surface area contributed by atoms with Crippen LogP contribution in [0, 0.1) is 0 Å². The molecule has 2 amide bonds. The molecule has 4 heterocycles. The number of ether oxygens (including phenoxy) is 2. The molecule has 0 unspecified atom stereocenters. The number of piperidine rings is 1. The molecule has 0 aliphatic carbocycles. The molecule has 0 atom stereocenters. The average Bonchev–Trinajstić information content (AvgIpc) is 3.16. The average molecular weight is 375 g/mol. The van der Waals surface area contributed by atoms with Gasteiger partial charge in [0.05, 0.1) is 13.2 Å². The molecule has 0 N–H and O–H groups in total. The highest BCUT2D eigenvalue weighted by molar-refractivity contribution is 5.92. The van der Waals surface area contributed by atoms with Gasteiger partial charge in [0, 0.05) is 59.0 Å². The molecule has 3 saturated heterocycles. The van der Waals surface area contributed by atoms with Crippen LogP contribution in [0.5, 0.6) is 0 Å². The molecule has 9 nitrogen and oxygen atoms in total. The monoisotopic (exact) mass is 375 g/mol. The topological polar surface area (TPSA) is 88.1 Å². The first kappa shape index (κ1) is 18.1. The first-order valence-electron chi connectivity index (χ1n) is 9.48. The molecule has 0 radical (unpaired) electrons. The van der Waals surface area contributed by atoms with Gasteiger partial charge in [-0.05, 0) is 12.1 Å². The van der Waals surface area contributed by atoms with Crippen molar-refractivity contribution >= 4 is 17.6 Å². The van der Waals surface area contributed by atoms with Gasteiger partial charge in [0.25, 0.3) is 5.91 Å². The Bertz CT molecular complexity index is 686. The number of piperazine rings is 1. The summed E-state index contributed by atoms with van der Waals surface area (Å²) in [6.07, 6.45) is 1.60. The number of anilines is 1. The van der Waals surface area contributed by atoms with E-state index in [0.29, 0.717) is 45.1 Å². The van der Waals surface area contributed by atoms with Crippen molar-refractivity contribution in [1.82, 2.24) is 20.0 Å². The summed E-state index contributed by atoms with van der Waals surface area (Å²) in [4.78, 5) is 29.6. The molecule has 1 aromatic heterocycles. The van der Waals surface area contributed by atoms with E-state index >= 15 is 0 Å². The zero-order chi connectivity index (χ0) is 18.9. The van der Waals surface area contributed by atoms with Gasteiger partial charge in [-0.2, -0.15) is 0 Å². The van der Waals surface area contributed by atoms with Gasteiger partial charge in [-0.3, -0.25) is 9.59 Å². The minimum Gasteiger partial charge on any atom is -0.355 e. The third-order valence-electron chi connectivity index (χ3n) is 5.54. The molecule has 0 bridgehead atoms. The van der Waals surface area contributed by atoms with Gasteiger partial charge in [0.15, 0.2) is 17.3 Å². The summed E-state index contributed by atoms with van der Waals surface area (Å²) in [5.74, 6) is 0.258. The van der Waals surface area contributed by atoms with Crippen LogP contribution in [0.1, 0.15) is 30.3 Å². The Balaban J connectivity index is 1.34. The fourth-order valence-corrected chi connectivity index (χ4v) is 3.86. The van der Waals surface area contributed by atoms with Gasteiger partial charge in [-0.1, -0.05) is 0 Å². The second kappa shape index (κ2) is 7.40. The van der Waals surface area contributed by atoms with Crippen LogP contribution < -0.4 is 4.90 Å². The lowest BCUT2D eigenvalue weighted by Crippen LogP contribution is -2.50. The van der Waals surface area contributed by atoms with Crippen LogP contribution in [0.25, 0.3) is 0 Å². The maximum atomic E-state index is 12.6. The van der Waals surface area contributed by atoms with Crippen molar-refractivity contribution in [3.05, 3.63) is 17.8 Å². The summed E-state index contributed by atoms with van der Waals surface area (Å²) >= 11 is 0. The Morgan fingerprint density at radius 3 is 2.11 bits per heavy atom. The highest BCUT2D eigenvalue weighted by atomic mass is 16.7. The molecule has 4 rings (SSSR count). The van der Waals surface area contributed by atoms with Gasteiger partial charge in [-0.15, -0.1) is 10.2 Å². The van der Waals surface area contributed by atoms with Gasteiger partial charge >= 0.3 is 0 Å². The minimum atomic E-state index is -0.415. The minimum absolute atomic E-state index is 0.0444. The van der Waals surface area contributed by atoms with E-state index in [-0.39, 0.29) is 11.8 Å². The molecule has 3 aliphatic rings. The van der Waals surface area contributed by atoms with E-state index in [4.69, 9.17) is 9.47 Å². The summed E-state index contributed by atoms with van der Waals surface area (Å²) in [7, 11) is 0. The summed E-state index contributed by atoms with van der Waals surface area (Å²) in [6, 6.07) is 3.58. The van der Waals surface area contributed by atoms with Crippen LogP contribution in [-0.4, -0.2) is 90.1 Å². The molecule has 0 aromatic carbocycles. The maximum Gasteiger partial charge on any atom is 0.274 e. The first-order chi connectivity index (χ1) is 13.1. The predicted molar refractivity (Wildman–Crippen MR) is 96.3 cm³/mol. The summed E-state index contributed by atoms with van der Waals surface area (Å²) in [5.41, 5.74) is 0.339. The van der Waals surface area contributed by atoms with Crippen molar-refractivity contribution < 1.29 is 19.1 Å². The molecular formula is C18H25N5O4. The third-order valence-corrected chi connectivity index (χ3v) is 5.54. The first-order valence-corrected chi connectivity index (χ1v) is 9.48. The lowest BCUT2D eigenvalue weighted by molar-refractivity contribution is -0.169. The van der Waals surface area contributed by atoms with Crippen LogP contribution in [0.4, 0.5) is 5.82 Å². The van der Waals surface area contributed by atoms with Crippen LogP contribution in [0.2, 0.25) is 0 Å². The van der Waals surface area contributed by atoms with E-state index in [9.17, 15) is 9.59 Å². The quantitative estimate of drug-likeness (QED) is 0.726. The van der Waals surface area contributed by atoms with E-state index in [1.165, 1.54) is 0 Å². The van der Waals surface area contributed by atoms with Gasteiger partial charge in [-0.25, -0.2) is 0 Å². The molecule has 146 valence electrons. The fourth-order valence-electron chi connectivity index (χ4n) is 3.86. The van der Waals surface area contributed by atoms with Crippen LogP contribution in [-0.2, 0) is 14.3 Å². The molecule has 27 heavy (non-hydrogen) atoms. The zero-order valence-electron chi connectivity index (χ0n) is 15.6. The number of carbonyl (C=O) groups is 2. The van der Waals surface area contributed by atoms with E-state index in [1.54, 1.807) is 22.8 Å². The second-order valence-corrected chi connectivity index (χ2v) is 7.17. The van der Waals surface area contributed by atoms with Crippen LogP contribution in [0.15, 0.2) is 12.1 Å². The Labute approximate surface area is 158 Å². The fraction of sp³-hybridized carbons (Fsp3) is 0.667. The number of amides is 2. The van der Waals surface area contributed by atoms with Crippen molar-refractivity contribution in [2.45, 2.75) is 25.6 Å². The van der Waals surface area contributed by atoms with Crippen LogP contribution >= 0.6 is 0 Å². The van der Waals surface area contributed by atoms with E-state index in [2.05, 4.69) is 15.1 Å². The van der Waals surface area contributed by atoms with E-state index in [1.807, 2.05) is 6.07 Å². The summed E-state index contributed by atoms with van der Waals surface area (Å²) in [6.45, 7) is 6.62. The van der Waals surface area contributed by atoms with Crippen molar-refractivity contribution in [3.8, 4) is 0 Å². The molecule has 0 saturated carbocycles. The van der Waals surface area contributed by atoms with Gasteiger partial charge in [0.1, 0.15) is 0 Å². The van der Waals surface area contributed by atoms with Crippen molar-refractivity contribution in [1.29, 1.82) is 0 Å². The normalized spacial score (nSPS) is 22.3. The smallest absolute Gasteiger partial charge is 0.274 e. The predicted octanol–water partition coefficient (Wildman–Crippen LogP) is 0.124. The molecule has 3 fully saturated rings. The van der Waals surface area contributed by atoms with Crippen molar-refractivity contribution in [2.24, 2.45) is 0 Å². The highest BCUT2D eigenvalue weighted by Crippen LogP contribution is 2.32. The van der Waals surface area contributed by atoms with Gasteiger partial charge in [0.2, 0.25) is 5.91 Å².